The van der Waals surface area contributed by atoms with Crippen molar-refractivity contribution in [2.75, 3.05) is 92.1 Å². The third kappa shape index (κ3) is 14.1. The van der Waals surface area contributed by atoms with Gasteiger partial charge in [0.25, 0.3) is 0 Å². The van der Waals surface area contributed by atoms with Crippen molar-refractivity contribution in [2.24, 2.45) is 19.8 Å². The lowest BCUT2D eigenvalue weighted by Crippen LogP contribution is -2.47. The van der Waals surface area contributed by atoms with Crippen LogP contribution in [0.1, 0.15) is 23.5 Å². The van der Waals surface area contributed by atoms with Crippen molar-refractivity contribution in [2.45, 2.75) is 39.4 Å². The highest BCUT2D eigenvalue weighted by Gasteiger charge is 2.23. The van der Waals surface area contributed by atoms with Gasteiger partial charge in [0.15, 0.2) is 0 Å². The molecule has 4 amide bonds. The Hall–Kier alpha value is -6.19. The van der Waals surface area contributed by atoms with Crippen LogP contribution in [0.15, 0.2) is 54.6 Å². The number of morpholine rings is 2. The number of benzene rings is 3. The zero-order valence-corrected chi connectivity index (χ0v) is 37.9. The second kappa shape index (κ2) is 23.7. The van der Waals surface area contributed by atoms with Gasteiger partial charge in [-0.15, -0.1) is 0 Å². The largest absolute Gasteiger partial charge is 0.508 e. The van der Waals surface area contributed by atoms with Gasteiger partial charge in [-0.3, -0.25) is 14.5 Å². The molecule has 0 spiro atoms. The number of epoxide rings is 1. The predicted octanol–water partition coefficient (Wildman–Crippen LogP) is 3.28. The van der Waals surface area contributed by atoms with E-state index in [0.29, 0.717) is 103 Å². The summed E-state index contributed by atoms with van der Waals surface area (Å²) >= 11 is 0. The SMILES string of the molecule is Cc1[nH]nc2ccc(OC[C@@H](O)CCNC(=O)N3CCOCC3)cc12.Cc1nn(C)c2ccc(O)cc12.Cc1nn(C)c2ccc(OCC3CO3)cc12.NCCNC(=O)N1CCOCC1. The fourth-order valence-electron chi connectivity index (χ4n) is 7.06. The van der Waals surface area contributed by atoms with Gasteiger partial charge in [-0.1, -0.05) is 0 Å². The summed E-state index contributed by atoms with van der Waals surface area (Å²) in [5, 5.41) is 43.7. The Labute approximate surface area is 377 Å². The zero-order chi connectivity index (χ0) is 46.3. The highest BCUT2D eigenvalue weighted by molar-refractivity contribution is 5.84. The minimum absolute atomic E-state index is 0.0382. The highest BCUT2D eigenvalue weighted by Crippen LogP contribution is 2.25. The number of rotatable bonds is 11. The molecule has 2 atom stereocenters. The summed E-state index contributed by atoms with van der Waals surface area (Å²) < 4.78 is 30.4. The van der Waals surface area contributed by atoms with Crippen molar-refractivity contribution in [1.29, 1.82) is 0 Å². The number of ether oxygens (including phenoxy) is 5. The standard InChI is InChI=1S/C17H24N4O4.C12H14N2O2.C9H10N2O.C7H15N3O2/c1-12-15-10-14(2-3-16(15)20-19-12)25-11-13(22)4-5-18-17(23)21-6-8-24-9-7-21;1-8-11-5-9(15-6-10-7-16-10)3-4-12(11)14(2)13-8;1-6-8-5-7(12)3-4-9(8)11(2)10-6;8-1-2-9-7(11)10-3-5-12-6-4-10/h2-3,10,13,22H,4-9,11H2,1H3,(H,18,23)(H,19,20);3-5,10H,6-7H2,1-2H3;3-5,12H,1-2H3;1-6,8H2,(H,9,11)/t13-;;;/m0.../s1. The number of phenols is 1. The van der Waals surface area contributed by atoms with Gasteiger partial charge in [0, 0.05) is 81.8 Å². The van der Waals surface area contributed by atoms with Gasteiger partial charge in [-0.25, -0.2) is 9.59 Å². The lowest BCUT2D eigenvalue weighted by molar-refractivity contribution is 0.0525. The van der Waals surface area contributed by atoms with Gasteiger partial charge in [-0.2, -0.15) is 15.3 Å². The summed E-state index contributed by atoms with van der Waals surface area (Å²) in [5.74, 6) is 1.87. The van der Waals surface area contributed by atoms with E-state index in [2.05, 4.69) is 31.0 Å². The van der Waals surface area contributed by atoms with Crippen LogP contribution in [0.4, 0.5) is 9.59 Å². The van der Waals surface area contributed by atoms with E-state index in [1.54, 1.807) is 21.9 Å². The molecule has 3 fully saturated rings. The quantitative estimate of drug-likeness (QED) is 0.102. The Balaban J connectivity index is 0.000000151. The predicted molar refractivity (Wildman–Crippen MR) is 245 cm³/mol. The van der Waals surface area contributed by atoms with Crippen LogP contribution in [0.2, 0.25) is 0 Å². The summed E-state index contributed by atoms with van der Waals surface area (Å²) in [6, 6.07) is 16.8. The van der Waals surface area contributed by atoms with E-state index in [0.717, 1.165) is 62.1 Å². The van der Waals surface area contributed by atoms with E-state index in [-0.39, 0.29) is 18.7 Å². The van der Waals surface area contributed by atoms with Crippen LogP contribution in [-0.2, 0) is 28.3 Å². The third-order valence-corrected chi connectivity index (χ3v) is 10.8. The number of carbonyl (C=O) groups excluding carboxylic acids is 2. The number of fused-ring (bicyclic) bond motifs is 3. The Morgan fingerprint density at radius 1 is 0.800 bits per heavy atom. The van der Waals surface area contributed by atoms with Gasteiger partial charge in [0.1, 0.15) is 36.6 Å². The number of aryl methyl sites for hydroxylation is 5. The molecule has 3 aliphatic rings. The van der Waals surface area contributed by atoms with E-state index >= 15 is 0 Å². The van der Waals surface area contributed by atoms with Crippen LogP contribution in [0.25, 0.3) is 32.7 Å². The van der Waals surface area contributed by atoms with E-state index in [4.69, 9.17) is 29.4 Å². The molecule has 9 rings (SSSR count). The molecular formula is C45H63N11O9. The van der Waals surface area contributed by atoms with E-state index in [1.807, 2.05) is 86.7 Å². The Bertz CT molecular complexity index is 2450. The summed E-state index contributed by atoms with van der Waals surface area (Å²) in [6.07, 6.45) is 0.0834. The number of nitrogens with one attached hydrogen (secondary N) is 3. The van der Waals surface area contributed by atoms with Crippen molar-refractivity contribution in [1.82, 2.24) is 50.2 Å². The lowest BCUT2D eigenvalue weighted by atomic mass is 10.2. The van der Waals surface area contributed by atoms with Crippen molar-refractivity contribution < 1.29 is 43.5 Å². The molecule has 20 nitrogen and oxygen atoms in total. The molecule has 0 radical (unpaired) electrons. The number of aliphatic hydroxyl groups is 1. The molecule has 1 unspecified atom stereocenters. The van der Waals surface area contributed by atoms with Gasteiger partial charge in [-0.05, 0) is 81.8 Å². The molecule has 7 N–H and O–H groups in total. The maximum absolute atomic E-state index is 11.9. The third-order valence-electron chi connectivity index (χ3n) is 10.8. The molecule has 3 saturated heterocycles. The molecule has 20 heteroatoms. The topological polar surface area (TPSA) is 245 Å². The highest BCUT2D eigenvalue weighted by atomic mass is 16.6. The molecule has 0 bridgehead atoms. The second-order valence-electron chi connectivity index (χ2n) is 15.8. The number of hydrogen-bond donors (Lipinski definition) is 6. The van der Waals surface area contributed by atoms with Crippen LogP contribution in [0.5, 0.6) is 17.2 Å². The van der Waals surface area contributed by atoms with E-state index < -0.39 is 6.10 Å². The number of aromatic amines is 1. The molecule has 352 valence electrons. The van der Waals surface area contributed by atoms with Gasteiger partial charge >= 0.3 is 12.1 Å². The van der Waals surface area contributed by atoms with Crippen molar-refractivity contribution in [3.05, 3.63) is 71.7 Å². The Morgan fingerprint density at radius 2 is 1.34 bits per heavy atom. The number of phenolic OH excluding ortho intramolecular Hbond substituents is 1. The minimum Gasteiger partial charge on any atom is -0.508 e. The van der Waals surface area contributed by atoms with Crippen molar-refractivity contribution in [3.63, 3.8) is 0 Å². The van der Waals surface area contributed by atoms with Gasteiger partial charge in [0.2, 0.25) is 0 Å². The number of H-pyrrole nitrogens is 1. The molecule has 6 aromatic rings. The molecule has 3 aromatic heterocycles. The lowest BCUT2D eigenvalue weighted by Gasteiger charge is -2.27. The molecular weight excluding hydrogens is 839 g/mol. The summed E-state index contributed by atoms with van der Waals surface area (Å²) in [4.78, 5) is 26.6. The first-order valence-electron chi connectivity index (χ1n) is 21.9. The zero-order valence-electron chi connectivity index (χ0n) is 37.9. The first-order valence-corrected chi connectivity index (χ1v) is 21.9. The van der Waals surface area contributed by atoms with E-state index in [9.17, 15) is 19.8 Å². The monoisotopic (exact) mass is 901 g/mol. The fourth-order valence-corrected chi connectivity index (χ4v) is 7.06. The smallest absolute Gasteiger partial charge is 0.317 e. The van der Waals surface area contributed by atoms with Crippen LogP contribution in [-0.4, -0.2) is 166 Å². The first kappa shape index (κ1) is 48.3. The molecule has 3 aromatic carbocycles. The number of nitrogens with two attached hydrogens (primary N) is 1. The Kier molecular flexibility index (Phi) is 17.6. The normalized spacial score (nSPS) is 16.1. The second-order valence-corrected chi connectivity index (χ2v) is 15.8. The van der Waals surface area contributed by atoms with Gasteiger partial charge < -0.3 is 60.1 Å². The number of aliphatic hydroxyl groups excluding tert-OH is 1. The number of carbonyl (C=O) groups is 2. The van der Waals surface area contributed by atoms with Crippen molar-refractivity contribution in [3.8, 4) is 17.2 Å². The van der Waals surface area contributed by atoms with Crippen molar-refractivity contribution >= 4 is 44.8 Å². The average molecular weight is 902 g/mol. The average Bonchev–Trinajstić information content (AvgIpc) is 3.94. The number of aromatic nitrogens is 6. The fraction of sp³-hybridized carbons (Fsp3) is 0.489. The van der Waals surface area contributed by atoms with Crippen LogP contribution in [0, 0.1) is 20.8 Å². The summed E-state index contributed by atoms with van der Waals surface area (Å²) in [7, 11) is 3.85. The maximum atomic E-state index is 11.9. The minimum atomic E-state index is -0.647. The van der Waals surface area contributed by atoms with E-state index in [1.165, 1.54) is 0 Å². The molecule has 6 heterocycles. The van der Waals surface area contributed by atoms with Gasteiger partial charge in [0.05, 0.1) is 67.1 Å². The maximum Gasteiger partial charge on any atom is 0.317 e. The first-order chi connectivity index (χ1) is 31.4. The molecule has 0 aliphatic carbocycles. The van der Waals surface area contributed by atoms with Crippen LogP contribution >= 0.6 is 0 Å². The van der Waals surface area contributed by atoms with Crippen LogP contribution < -0.4 is 25.8 Å². The number of amides is 4. The molecule has 3 aliphatic heterocycles. The molecule has 65 heavy (non-hydrogen) atoms. The number of hydrogen-bond acceptors (Lipinski definition) is 13. The Morgan fingerprint density at radius 3 is 1.94 bits per heavy atom. The summed E-state index contributed by atoms with van der Waals surface area (Å²) in [6.45, 7) is 13.9. The summed E-state index contributed by atoms with van der Waals surface area (Å²) in [5.41, 5.74) is 11.3. The molecule has 0 saturated carbocycles. The number of nitrogens with zero attached hydrogens (tertiary/aromatic N) is 7. The van der Waals surface area contributed by atoms with Crippen LogP contribution in [0.3, 0.4) is 0 Å². The number of aromatic hydroxyl groups is 1. The number of urea groups is 2.